The first-order chi connectivity index (χ1) is 18.5. The second-order valence-corrected chi connectivity index (χ2v) is 13.3. The van der Waals surface area contributed by atoms with Gasteiger partial charge >= 0.3 is 0 Å². The molecule has 1 atom stereocenters. The summed E-state index contributed by atoms with van der Waals surface area (Å²) in [5, 5.41) is 0. The predicted molar refractivity (Wildman–Crippen MR) is 155 cm³/mol. The van der Waals surface area contributed by atoms with E-state index in [2.05, 4.69) is 74.2 Å². The molecule has 5 rings (SSSR count). The van der Waals surface area contributed by atoms with Gasteiger partial charge in [-0.05, 0) is 34.2 Å². The van der Waals surface area contributed by atoms with Crippen molar-refractivity contribution in [2.45, 2.75) is 38.3 Å². The van der Waals surface area contributed by atoms with Gasteiger partial charge in [0, 0.05) is 26.2 Å². The molecule has 8 heteroatoms. The Balaban J connectivity index is 1.33. The van der Waals surface area contributed by atoms with Gasteiger partial charge < -0.3 is 9.64 Å². The standard InChI is InChI=1S/C31H37N3O4S/c1-31(2,3)25-15-16-27-26(21-25)34(39(4,36)37)22-28(38-27)30(35)33-19-17-32(18-20-33)29(23-11-7-5-8-12-23)24-13-9-6-10-14-24/h5-16,21,28-29H,17-20,22H2,1-4H3. The van der Waals surface area contributed by atoms with E-state index in [4.69, 9.17) is 4.74 Å². The number of carbonyl (C=O) groups is 1. The molecule has 0 saturated carbocycles. The third-order valence-corrected chi connectivity index (χ3v) is 8.74. The van der Waals surface area contributed by atoms with Crippen LogP contribution in [0.15, 0.2) is 78.9 Å². The van der Waals surface area contributed by atoms with Crippen molar-refractivity contribution in [1.82, 2.24) is 9.80 Å². The molecule has 0 N–H and O–H groups in total. The van der Waals surface area contributed by atoms with Crippen LogP contribution in [-0.2, 0) is 20.2 Å². The SMILES string of the molecule is CC(C)(C)c1ccc2c(c1)N(S(C)(=O)=O)CC(C(=O)N1CCN(C(c3ccccc3)c3ccccc3)CC1)O2. The van der Waals surface area contributed by atoms with E-state index in [-0.39, 0.29) is 23.9 Å². The lowest BCUT2D eigenvalue weighted by molar-refractivity contribution is -0.140. The highest BCUT2D eigenvalue weighted by atomic mass is 32.2. The summed E-state index contributed by atoms with van der Waals surface area (Å²) in [6.45, 7) is 8.70. The van der Waals surface area contributed by atoms with Crippen LogP contribution in [0.3, 0.4) is 0 Å². The Morgan fingerprint density at radius 1 is 0.872 bits per heavy atom. The second-order valence-electron chi connectivity index (χ2n) is 11.4. The van der Waals surface area contributed by atoms with Gasteiger partial charge in [-0.2, -0.15) is 0 Å². The average Bonchev–Trinajstić information content (AvgIpc) is 2.92. The molecule has 0 radical (unpaired) electrons. The van der Waals surface area contributed by atoms with Gasteiger partial charge in [-0.25, -0.2) is 8.42 Å². The maximum Gasteiger partial charge on any atom is 0.265 e. The van der Waals surface area contributed by atoms with Crippen molar-refractivity contribution in [3.8, 4) is 5.75 Å². The van der Waals surface area contributed by atoms with E-state index in [0.717, 1.165) is 5.56 Å². The Kier molecular flexibility index (Phi) is 7.44. The van der Waals surface area contributed by atoms with Crippen molar-refractivity contribution in [3.05, 3.63) is 95.6 Å². The first-order valence-electron chi connectivity index (χ1n) is 13.4. The topological polar surface area (TPSA) is 70.2 Å². The van der Waals surface area contributed by atoms with Crippen LogP contribution < -0.4 is 9.04 Å². The summed E-state index contributed by atoms with van der Waals surface area (Å²) in [6, 6.07) is 26.5. The lowest BCUT2D eigenvalue weighted by Gasteiger charge is -2.42. The largest absolute Gasteiger partial charge is 0.476 e. The number of ether oxygens (including phenoxy) is 1. The quantitative estimate of drug-likeness (QED) is 0.472. The number of hydrogen-bond acceptors (Lipinski definition) is 5. The van der Waals surface area contributed by atoms with Gasteiger partial charge in [0.2, 0.25) is 10.0 Å². The van der Waals surface area contributed by atoms with Crippen molar-refractivity contribution in [1.29, 1.82) is 0 Å². The fraction of sp³-hybridized carbons (Fsp3) is 0.387. The summed E-state index contributed by atoms with van der Waals surface area (Å²) in [4.78, 5) is 17.9. The van der Waals surface area contributed by atoms with Gasteiger partial charge in [0.15, 0.2) is 6.10 Å². The van der Waals surface area contributed by atoms with Crippen molar-refractivity contribution in [2.24, 2.45) is 0 Å². The predicted octanol–water partition coefficient (Wildman–Crippen LogP) is 4.44. The van der Waals surface area contributed by atoms with Crippen molar-refractivity contribution < 1.29 is 17.9 Å². The molecule has 0 bridgehead atoms. The number of nitrogens with zero attached hydrogens (tertiary/aromatic N) is 3. The number of anilines is 1. The van der Waals surface area contributed by atoms with Crippen LogP contribution in [0.5, 0.6) is 5.75 Å². The summed E-state index contributed by atoms with van der Waals surface area (Å²) in [6.07, 6.45) is 0.290. The van der Waals surface area contributed by atoms with Gasteiger partial charge in [-0.3, -0.25) is 14.0 Å². The van der Waals surface area contributed by atoms with Gasteiger partial charge in [0.1, 0.15) is 5.75 Å². The number of hydrogen-bond donors (Lipinski definition) is 0. The summed E-state index contributed by atoms with van der Waals surface area (Å²) in [7, 11) is -3.61. The fourth-order valence-electron chi connectivity index (χ4n) is 5.45. The molecule has 2 aliphatic rings. The molecule has 3 aromatic carbocycles. The number of piperazine rings is 1. The number of benzene rings is 3. The van der Waals surface area contributed by atoms with E-state index in [1.165, 1.54) is 21.7 Å². The Hall–Kier alpha value is -3.36. The highest BCUT2D eigenvalue weighted by Gasteiger charge is 2.39. The zero-order valence-electron chi connectivity index (χ0n) is 23.1. The van der Waals surface area contributed by atoms with Crippen molar-refractivity contribution in [2.75, 3.05) is 43.3 Å². The number of amides is 1. The van der Waals surface area contributed by atoms with Crippen molar-refractivity contribution >= 4 is 21.6 Å². The lowest BCUT2D eigenvalue weighted by Crippen LogP contribution is -2.56. The molecular formula is C31H37N3O4S. The number of sulfonamides is 1. The van der Waals surface area contributed by atoms with E-state index >= 15 is 0 Å². The molecule has 2 aliphatic heterocycles. The monoisotopic (exact) mass is 547 g/mol. The molecule has 1 amide bonds. The maximum atomic E-state index is 13.6. The van der Waals surface area contributed by atoms with Crippen LogP contribution in [0.1, 0.15) is 43.5 Å². The minimum Gasteiger partial charge on any atom is -0.476 e. The molecule has 7 nitrogen and oxygen atoms in total. The van der Waals surface area contributed by atoms with Crippen LogP contribution >= 0.6 is 0 Å². The molecule has 3 aromatic rings. The van der Waals surface area contributed by atoms with Crippen LogP contribution in [-0.4, -0.2) is 69.2 Å². The van der Waals surface area contributed by atoms with E-state index in [9.17, 15) is 13.2 Å². The molecule has 0 aromatic heterocycles. The van der Waals surface area contributed by atoms with Gasteiger partial charge in [0.05, 0.1) is 24.5 Å². The molecule has 39 heavy (non-hydrogen) atoms. The molecule has 0 spiro atoms. The minimum atomic E-state index is -3.61. The van der Waals surface area contributed by atoms with Crippen LogP contribution in [0, 0.1) is 0 Å². The van der Waals surface area contributed by atoms with Gasteiger partial charge in [-0.1, -0.05) is 87.5 Å². The zero-order chi connectivity index (χ0) is 27.8. The lowest BCUT2D eigenvalue weighted by atomic mass is 9.86. The number of rotatable bonds is 5. The van der Waals surface area contributed by atoms with Crippen LogP contribution in [0.4, 0.5) is 5.69 Å². The second kappa shape index (κ2) is 10.7. The van der Waals surface area contributed by atoms with E-state index in [0.29, 0.717) is 37.6 Å². The van der Waals surface area contributed by atoms with Gasteiger partial charge in [-0.15, -0.1) is 0 Å². The Morgan fingerprint density at radius 3 is 1.95 bits per heavy atom. The highest BCUT2D eigenvalue weighted by molar-refractivity contribution is 7.92. The molecule has 1 saturated heterocycles. The summed E-state index contributed by atoms with van der Waals surface area (Å²) in [5.41, 5.74) is 3.78. The third kappa shape index (κ3) is 5.82. The average molecular weight is 548 g/mol. The Morgan fingerprint density at radius 2 is 1.44 bits per heavy atom. The summed E-state index contributed by atoms with van der Waals surface area (Å²) in [5.74, 6) is 0.245. The van der Waals surface area contributed by atoms with Crippen LogP contribution in [0.2, 0.25) is 0 Å². The molecule has 2 heterocycles. The zero-order valence-corrected chi connectivity index (χ0v) is 23.9. The summed E-state index contributed by atoms with van der Waals surface area (Å²) >= 11 is 0. The van der Waals surface area contributed by atoms with E-state index in [1.807, 2.05) is 29.2 Å². The molecular weight excluding hydrogens is 510 g/mol. The summed E-state index contributed by atoms with van der Waals surface area (Å²) < 4.78 is 33.0. The molecule has 1 unspecified atom stereocenters. The van der Waals surface area contributed by atoms with Crippen LogP contribution in [0.25, 0.3) is 0 Å². The number of carbonyl (C=O) groups excluding carboxylic acids is 1. The first-order valence-corrected chi connectivity index (χ1v) is 15.3. The van der Waals surface area contributed by atoms with E-state index in [1.54, 1.807) is 6.07 Å². The Labute approximate surface area is 232 Å². The first kappa shape index (κ1) is 27.2. The molecule has 206 valence electrons. The van der Waals surface area contributed by atoms with Crippen molar-refractivity contribution in [3.63, 3.8) is 0 Å². The fourth-order valence-corrected chi connectivity index (χ4v) is 6.36. The molecule has 0 aliphatic carbocycles. The third-order valence-electron chi connectivity index (χ3n) is 7.59. The highest BCUT2D eigenvalue weighted by Crippen LogP contribution is 2.39. The maximum absolute atomic E-state index is 13.6. The van der Waals surface area contributed by atoms with Gasteiger partial charge in [0.25, 0.3) is 5.91 Å². The smallest absolute Gasteiger partial charge is 0.265 e. The number of fused-ring (bicyclic) bond motifs is 1. The molecule has 1 fully saturated rings. The Bertz CT molecular complexity index is 1370. The normalized spacial score (nSPS) is 18.5. The van der Waals surface area contributed by atoms with E-state index < -0.39 is 16.1 Å². The minimum absolute atomic E-state index is 0.0326.